The summed E-state index contributed by atoms with van der Waals surface area (Å²) in [5, 5.41) is 6.13. The van der Waals surface area contributed by atoms with Crippen LogP contribution in [-0.2, 0) is 0 Å². The molecule has 2 N–H and O–H groups in total. The molecule has 0 radical (unpaired) electrons. The molecule has 0 aliphatic carbocycles. The van der Waals surface area contributed by atoms with E-state index in [1.165, 1.54) is 18.5 Å². The van der Waals surface area contributed by atoms with Crippen molar-refractivity contribution in [1.29, 1.82) is 0 Å². The Morgan fingerprint density at radius 3 is 2.29 bits per heavy atom. The molecule has 0 saturated carbocycles. The van der Waals surface area contributed by atoms with Crippen LogP contribution < -0.4 is 10.6 Å². The summed E-state index contributed by atoms with van der Waals surface area (Å²) in [5.41, 5.74) is 1.04. The highest BCUT2D eigenvalue weighted by Gasteiger charge is 2.12. The number of benzene rings is 2. The summed E-state index contributed by atoms with van der Waals surface area (Å²) in [6, 6.07) is 12.6. The lowest BCUT2D eigenvalue weighted by Crippen LogP contribution is -2.13. The van der Waals surface area contributed by atoms with Gasteiger partial charge in [0.25, 0.3) is 5.91 Å². The highest BCUT2D eigenvalue weighted by Crippen LogP contribution is 2.22. The van der Waals surface area contributed by atoms with E-state index in [1.807, 2.05) is 24.3 Å². The molecule has 0 saturated heterocycles. The number of carbonyl (C=O) groups is 1. The fourth-order valence-corrected chi connectivity index (χ4v) is 2.64. The number of carbonyl (C=O) groups excluding carboxylic acids is 1. The first-order chi connectivity index (χ1) is 13.6. The number of hydrogen-bond acceptors (Lipinski definition) is 5. The maximum absolute atomic E-state index is 13.7. The van der Waals surface area contributed by atoms with Crippen LogP contribution in [0.1, 0.15) is 10.4 Å². The normalized spacial score (nSPS) is 10.6. The van der Waals surface area contributed by atoms with Crippen LogP contribution in [0.25, 0.3) is 10.9 Å². The molecule has 0 atom stereocenters. The van der Waals surface area contributed by atoms with E-state index in [4.69, 9.17) is 0 Å². The van der Waals surface area contributed by atoms with Crippen LogP contribution in [0, 0.1) is 11.6 Å². The number of pyridine rings is 1. The number of fused-ring (bicyclic) bond motifs is 1. The number of halogens is 2. The minimum Gasteiger partial charge on any atom is -0.320 e. The highest BCUT2D eigenvalue weighted by molar-refractivity contribution is 6.08. The van der Waals surface area contributed by atoms with Crippen LogP contribution in [0.3, 0.4) is 0 Å². The van der Waals surface area contributed by atoms with Gasteiger partial charge in [0.15, 0.2) is 0 Å². The Morgan fingerprint density at radius 2 is 1.54 bits per heavy atom. The fourth-order valence-electron chi connectivity index (χ4n) is 2.64. The van der Waals surface area contributed by atoms with Gasteiger partial charge in [-0.1, -0.05) is 24.3 Å². The number of aromatic nitrogens is 3. The lowest BCUT2D eigenvalue weighted by atomic mass is 10.2. The second-order valence-corrected chi connectivity index (χ2v) is 5.85. The molecule has 8 heteroatoms. The van der Waals surface area contributed by atoms with E-state index < -0.39 is 17.5 Å². The van der Waals surface area contributed by atoms with Gasteiger partial charge in [0.2, 0.25) is 5.95 Å². The molecule has 0 aliphatic rings. The van der Waals surface area contributed by atoms with Crippen molar-refractivity contribution in [3.8, 4) is 0 Å². The van der Waals surface area contributed by atoms with Crippen LogP contribution >= 0.6 is 0 Å². The van der Waals surface area contributed by atoms with Gasteiger partial charge in [0.1, 0.15) is 17.3 Å². The number of amides is 1. The van der Waals surface area contributed by atoms with Crippen molar-refractivity contribution < 1.29 is 13.6 Å². The second-order valence-electron chi connectivity index (χ2n) is 5.85. The van der Waals surface area contributed by atoms with Crippen LogP contribution in [-0.4, -0.2) is 20.9 Å². The number of nitrogens with one attached hydrogen (secondary N) is 2. The summed E-state index contributed by atoms with van der Waals surface area (Å²) in [7, 11) is 0. The van der Waals surface area contributed by atoms with Gasteiger partial charge < -0.3 is 10.6 Å². The summed E-state index contributed by atoms with van der Waals surface area (Å²) >= 11 is 0. The zero-order valence-corrected chi connectivity index (χ0v) is 14.4. The van der Waals surface area contributed by atoms with Gasteiger partial charge in [-0.05, 0) is 24.3 Å². The van der Waals surface area contributed by atoms with Crippen LogP contribution in [0.15, 0.2) is 67.1 Å². The average Bonchev–Trinajstić information content (AvgIpc) is 2.71. The Hall–Kier alpha value is -3.94. The first-order valence-corrected chi connectivity index (χ1v) is 8.30. The molecule has 0 bridgehead atoms. The first kappa shape index (κ1) is 17.5. The van der Waals surface area contributed by atoms with Crippen molar-refractivity contribution in [2.24, 2.45) is 0 Å². The predicted molar refractivity (Wildman–Crippen MR) is 101 cm³/mol. The summed E-state index contributed by atoms with van der Waals surface area (Å²) in [5.74, 6) is -2.00. The van der Waals surface area contributed by atoms with Gasteiger partial charge in [-0.25, -0.2) is 18.7 Å². The zero-order valence-electron chi connectivity index (χ0n) is 14.4. The summed E-state index contributed by atoms with van der Waals surface area (Å²) in [6.07, 6.45) is 4.17. The minimum absolute atomic E-state index is 0.0348. The Labute approximate surface area is 158 Å². The molecule has 2 heterocycles. The van der Waals surface area contributed by atoms with Crippen LogP contribution in [0.4, 0.5) is 26.1 Å². The van der Waals surface area contributed by atoms with E-state index in [-0.39, 0.29) is 17.2 Å². The third-order valence-corrected chi connectivity index (χ3v) is 3.99. The van der Waals surface area contributed by atoms with Crippen molar-refractivity contribution in [2.45, 2.75) is 0 Å². The van der Waals surface area contributed by atoms with Crippen molar-refractivity contribution in [3.05, 3.63) is 84.3 Å². The minimum atomic E-state index is -0.770. The number of nitrogens with zero attached hydrogens (tertiary/aromatic N) is 3. The fraction of sp³-hybridized carbons (Fsp3) is 0. The third kappa shape index (κ3) is 3.48. The maximum atomic E-state index is 13.7. The molecule has 28 heavy (non-hydrogen) atoms. The van der Waals surface area contributed by atoms with E-state index in [0.717, 1.165) is 17.5 Å². The Kier molecular flexibility index (Phi) is 4.59. The molecule has 0 spiro atoms. The molecule has 0 unspecified atom stereocenters. The number of rotatable bonds is 4. The number of para-hydroxylation sites is 2. The monoisotopic (exact) mass is 377 g/mol. The van der Waals surface area contributed by atoms with E-state index in [9.17, 15) is 13.6 Å². The Morgan fingerprint density at radius 1 is 0.857 bits per heavy atom. The topological polar surface area (TPSA) is 79.8 Å². The Balaban J connectivity index is 1.53. The molecule has 4 rings (SSSR count). The van der Waals surface area contributed by atoms with Gasteiger partial charge in [-0.2, -0.15) is 0 Å². The molecule has 138 valence electrons. The second kappa shape index (κ2) is 7.36. The zero-order chi connectivity index (χ0) is 19.5. The average molecular weight is 377 g/mol. The lowest BCUT2D eigenvalue weighted by Gasteiger charge is -2.09. The van der Waals surface area contributed by atoms with Crippen molar-refractivity contribution in [2.75, 3.05) is 10.6 Å². The van der Waals surface area contributed by atoms with Gasteiger partial charge in [-0.3, -0.25) is 9.78 Å². The largest absolute Gasteiger partial charge is 0.320 e. The van der Waals surface area contributed by atoms with Gasteiger partial charge in [-0.15, -0.1) is 0 Å². The van der Waals surface area contributed by atoms with Gasteiger partial charge in [0, 0.05) is 24.0 Å². The quantitative estimate of drug-likeness (QED) is 0.554. The molecule has 6 nitrogen and oxygen atoms in total. The predicted octanol–water partition coefficient (Wildman–Crippen LogP) is 4.30. The van der Waals surface area contributed by atoms with Crippen LogP contribution in [0.5, 0.6) is 0 Å². The molecule has 0 aliphatic heterocycles. The smallest absolute Gasteiger partial charge is 0.258 e. The van der Waals surface area contributed by atoms with E-state index in [0.29, 0.717) is 11.2 Å². The van der Waals surface area contributed by atoms with Gasteiger partial charge in [0.05, 0.1) is 16.8 Å². The van der Waals surface area contributed by atoms with E-state index in [2.05, 4.69) is 25.6 Å². The third-order valence-electron chi connectivity index (χ3n) is 3.99. The van der Waals surface area contributed by atoms with E-state index in [1.54, 1.807) is 12.3 Å². The summed E-state index contributed by atoms with van der Waals surface area (Å²) in [6.45, 7) is 0. The molecule has 2 aromatic carbocycles. The number of hydrogen-bond donors (Lipinski definition) is 2. The molecule has 0 fully saturated rings. The molecule has 1 amide bonds. The first-order valence-electron chi connectivity index (χ1n) is 8.30. The maximum Gasteiger partial charge on any atom is 0.258 e. The molecule has 4 aromatic rings. The van der Waals surface area contributed by atoms with Crippen molar-refractivity contribution >= 4 is 34.1 Å². The molecular weight excluding hydrogens is 364 g/mol. The highest BCUT2D eigenvalue weighted by atomic mass is 19.1. The van der Waals surface area contributed by atoms with E-state index >= 15 is 0 Å². The Bertz CT molecular complexity index is 1140. The van der Waals surface area contributed by atoms with Crippen molar-refractivity contribution in [3.63, 3.8) is 0 Å². The summed E-state index contributed by atoms with van der Waals surface area (Å²) < 4.78 is 27.4. The summed E-state index contributed by atoms with van der Waals surface area (Å²) in [4.78, 5) is 24.7. The van der Waals surface area contributed by atoms with Gasteiger partial charge >= 0.3 is 0 Å². The lowest BCUT2D eigenvalue weighted by molar-refractivity contribution is 0.102. The van der Waals surface area contributed by atoms with Crippen LogP contribution in [0.2, 0.25) is 0 Å². The number of anilines is 3. The standard InChI is InChI=1S/C20H13F2N5O/c21-14-6-2-7-15(22)18(14)27-20-24-10-13(11-25-20)19(28)26-16-8-1-4-12-5-3-9-23-17(12)16/h1-11H,(H,26,28)(H,24,25,27). The molecule has 2 aromatic heterocycles. The molecular formula is C20H13F2N5O. The van der Waals surface area contributed by atoms with Crippen molar-refractivity contribution in [1.82, 2.24) is 15.0 Å². The SMILES string of the molecule is O=C(Nc1cccc2cccnc12)c1cnc(Nc2c(F)cccc2F)nc1.